The van der Waals surface area contributed by atoms with E-state index in [-0.39, 0.29) is 11.9 Å². The minimum absolute atomic E-state index is 0.262. The summed E-state index contributed by atoms with van der Waals surface area (Å²) in [6, 6.07) is 17.0. The van der Waals surface area contributed by atoms with Crippen LogP contribution in [0.15, 0.2) is 67.0 Å². The summed E-state index contributed by atoms with van der Waals surface area (Å²) in [5, 5.41) is 5.99. The van der Waals surface area contributed by atoms with Gasteiger partial charge in [0.1, 0.15) is 11.5 Å². The molecule has 0 aliphatic carbocycles. The molecule has 0 radical (unpaired) electrons. The van der Waals surface area contributed by atoms with Gasteiger partial charge >= 0.3 is 0 Å². The number of nitrogens with zero attached hydrogens (tertiary/aromatic N) is 2. The Hall–Kier alpha value is -3.41. The zero-order chi connectivity index (χ0) is 19.1. The molecule has 0 aliphatic rings. The van der Waals surface area contributed by atoms with Crippen molar-refractivity contribution >= 4 is 17.5 Å². The van der Waals surface area contributed by atoms with E-state index in [1.807, 2.05) is 30.3 Å². The van der Waals surface area contributed by atoms with E-state index >= 15 is 0 Å². The van der Waals surface area contributed by atoms with Gasteiger partial charge in [-0.05, 0) is 49.7 Å². The monoisotopic (exact) mass is 362 g/mol. The number of carbonyl (C=O) groups excluding carboxylic acids is 1. The van der Waals surface area contributed by atoms with Gasteiger partial charge in [0, 0.05) is 24.1 Å². The van der Waals surface area contributed by atoms with Crippen molar-refractivity contribution in [3.8, 4) is 11.5 Å². The van der Waals surface area contributed by atoms with Gasteiger partial charge < -0.3 is 15.4 Å². The molecule has 6 heteroatoms. The summed E-state index contributed by atoms with van der Waals surface area (Å²) >= 11 is 0. The predicted molar refractivity (Wildman–Crippen MR) is 106 cm³/mol. The maximum Gasteiger partial charge on any atom is 0.258 e. The molecular weight excluding hydrogens is 340 g/mol. The Labute approximate surface area is 158 Å². The first kappa shape index (κ1) is 18.4. The second-order valence-electron chi connectivity index (χ2n) is 6.14. The molecule has 0 saturated heterocycles. The van der Waals surface area contributed by atoms with Gasteiger partial charge in [0.2, 0.25) is 5.95 Å². The molecule has 1 atom stereocenters. The second kappa shape index (κ2) is 8.80. The predicted octanol–water partition coefficient (Wildman–Crippen LogP) is 4.73. The molecule has 0 saturated carbocycles. The third kappa shape index (κ3) is 5.28. The molecule has 1 unspecified atom stereocenters. The van der Waals surface area contributed by atoms with Crippen molar-refractivity contribution in [3.05, 3.63) is 72.6 Å². The van der Waals surface area contributed by atoms with E-state index in [4.69, 9.17) is 4.74 Å². The highest BCUT2D eigenvalue weighted by Crippen LogP contribution is 2.22. The molecule has 1 aromatic heterocycles. The normalized spacial score (nSPS) is 11.5. The summed E-state index contributed by atoms with van der Waals surface area (Å²) in [4.78, 5) is 20.7. The van der Waals surface area contributed by atoms with Crippen LogP contribution < -0.4 is 15.4 Å². The number of benzene rings is 2. The third-order valence-corrected chi connectivity index (χ3v) is 3.99. The van der Waals surface area contributed by atoms with E-state index in [1.165, 1.54) is 12.4 Å². The highest BCUT2D eigenvalue weighted by Gasteiger charge is 2.09. The number of aromatic nitrogens is 2. The van der Waals surface area contributed by atoms with E-state index in [0.717, 1.165) is 12.2 Å². The van der Waals surface area contributed by atoms with Crippen LogP contribution in [0.5, 0.6) is 11.5 Å². The number of para-hydroxylation sites is 1. The van der Waals surface area contributed by atoms with Crippen LogP contribution in [-0.2, 0) is 0 Å². The molecule has 1 heterocycles. The molecule has 0 spiro atoms. The number of rotatable bonds is 7. The standard InChI is InChI=1S/C21H22N4O2/c1-3-15(2)24-21-22-13-16(14-23-21)20(26)25-17-9-11-19(12-10-17)27-18-7-5-4-6-8-18/h4-15H,3H2,1-2H3,(H,25,26)(H,22,23,24). The minimum Gasteiger partial charge on any atom is -0.457 e. The highest BCUT2D eigenvalue weighted by molar-refractivity contribution is 6.03. The summed E-state index contributed by atoms with van der Waals surface area (Å²) in [5.41, 5.74) is 1.07. The lowest BCUT2D eigenvalue weighted by molar-refractivity contribution is 0.102. The Kier molecular flexibility index (Phi) is 5.99. The topological polar surface area (TPSA) is 76.1 Å². The van der Waals surface area contributed by atoms with E-state index in [9.17, 15) is 4.79 Å². The maximum absolute atomic E-state index is 12.3. The van der Waals surface area contributed by atoms with Crippen molar-refractivity contribution in [2.24, 2.45) is 0 Å². The van der Waals surface area contributed by atoms with E-state index < -0.39 is 0 Å². The number of anilines is 2. The van der Waals surface area contributed by atoms with Crippen LogP contribution in [0.3, 0.4) is 0 Å². The summed E-state index contributed by atoms with van der Waals surface area (Å²) in [7, 11) is 0. The molecule has 3 aromatic rings. The molecule has 6 nitrogen and oxygen atoms in total. The van der Waals surface area contributed by atoms with Crippen molar-refractivity contribution in [1.29, 1.82) is 0 Å². The van der Waals surface area contributed by atoms with Crippen molar-refractivity contribution in [2.45, 2.75) is 26.3 Å². The quantitative estimate of drug-likeness (QED) is 0.635. The third-order valence-electron chi connectivity index (χ3n) is 3.99. The molecule has 1 amide bonds. The Morgan fingerprint density at radius 3 is 2.26 bits per heavy atom. The Bertz CT molecular complexity index is 865. The SMILES string of the molecule is CCC(C)Nc1ncc(C(=O)Nc2ccc(Oc3ccccc3)cc2)cn1. The fraction of sp³-hybridized carbons (Fsp3) is 0.190. The maximum atomic E-state index is 12.3. The van der Waals surface area contributed by atoms with Crippen molar-refractivity contribution in [2.75, 3.05) is 10.6 Å². The zero-order valence-corrected chi connectivity index (χ0v) is 15.3. The number of nitrogens with one attached hydrogen (secondary N) is 2. The first-order valence-electron chi connectivity index (χ1n) is 8.87. The summed E-state index contributed by atoms with van der Waals surface area (Å²) in [5.74, 6) is 1.71. The number of ether oxygens (including phenoxy) is 1. The van der Waals surface area contributed by atoms with Crippen molar-refractivity contribution in [1.82, 2.24) is 9.97 Å². The van der Waals surface area contributed by atoms with E-state index in [2.05, 4.69) is 34.4 Å². The molecule has 0 aliphatic heterocycles. The molecule has 3 rings (SSSR count). The van der Waals surface area contributed by atoms with Crippen LogP contribution in [0.1, 0.15) is 30.6 Å². The van der Waals surface area contributed by atoms with Crippen LogP contribution in [0, 0.1) is 0 Å². The smallest absolute Gasteiger partial charge is 0.258 e. The van der Waals surface area contributed by atoms with Gasteiger partial charge in [0.05, 0.1) is 5.56 Å². The lowest BCUT2D eigenvalue weighted by atomic mass is 10.2. The van der Waals surface area contributed by atoms with Gasteiger partial charge in [-0.15, -0.1) is 0 Å². The number of carbonyl (C=O) groups is 1. The number of hydrogen-bond acceptors (Lipinski definition) is 5. The van der Waals surface area contributed by atoms with E-state index in [1.54, 1.807) is 24.3 Å². The van der Waals surface area contributed by atoms with Crippen LogP contribution in [0.4, 0.5) is 11.6 Å². The summed E-state index contributed by atoms with van der Waals surface area (Å²) < 4.78 is 5.74. The second-order valence-corrected chi connectivity index (χ2v) is 6.14. The Morgan fingerprint density at radius 1 is 1.00 bits per heavy atom. The highest BCUT2D eigenvalue weighted by atomic mass is 16.5. The van der Waals surface area contributed by atoms with E-state index in [0.29, 0.717) is 22.9 Å². The molecule has 2 aromatic carbocycles. The lowest BCUT2D eigenvalue weighted by Crippen LogP contribution is -2.17. The Morgan fingerprint density at radius 2 is 1.63 bits per heavy atom. The molecule has 2 N–H and O–H groups in total. The molecule has 0 bridgehead atoms. The molecule has 0 fully saturated rings. The van der Waals surface area contributed by atoms with Gasteiger partial charge in [-0.3, -0.25) is 4.79 Å². The van der Waals surface area contributed by atoms with Gasteiger partial charge in [-0.25, -0.2) is 9.97 Å². The van der Waals surface area contributed by atoms with Crippen molar-refractivity contribution in [3.63, 3.8) is 0 Å². The van der Waals surface area contributed by atoms with Gasteiger partial charge in [-0.1, -0.05) is 25.1 Å². The van der Waals surface area contributed by atoms with Gasteiger partial charge in [0.25, 0.3) is 5.91 Å². The first-order valence-corrected chi connectivity index (χ1v) is 8.87. The zero-order valence-electron chi connectivity index (χ0n) is 15.3. The van der Waals surface area contributed by atoms with Crippen LogP contribution in [0.25, 0.3) is 0 Å². The van der Waals surface area contributed by atoms with Crippen LogP contribution in [-0.4, -0.2) is 21.9 Å². The fourth-order valence-electron chi connectivity index (χ4n) is 2.28. The minimum atomic E-state index is -0.262. The first-order chi connectivity index (χ1) is 13.1. The molecular formula is C21H22N4O2. The largest absolute Gasteiger partial charge is 0.457 e. The fourth-order valence-corrected chi connectivity index (χ4v) is 2.28. The lowest BCUT2D eigenvalue weighted by Gasteiger charge is -2.11. The van der Waals surface area contributed by atoms with Gasteiger partial charge in [0.15, 0.2) is 0 Å². The average molecular weight is 362 g/mol. The van der Waals surface area contributed by atoms with Gasteiger partial charge in [-0.2, -0.15) is 0 Å². The summed E-state index contributed by atoms with van der Waals surface area (Å²) in [6.07, 6.45) is 4.00. The summed E-state index contributed by atoms with van der Waals surface area (Å²) in [6.45, 7) is 4.13. The average Bonchev–Trinajstić information content (AvgIpc) is 2.70. The Balaban J connectivity index is 1.59. The van der Waals surface area contributed by atoms with Crippen LogP contribution in [0.2, 0.25) is 0 Å². The van der Waals surface area contributed by atoms with Crippen molar-refractivity contribution < 1.29 is 9.53 Å². The molecule has 138 valence electrons. The van der Waals surface area contributed by atoms with Crippen LogP contribution >= 0.6 is 0 Å². The number of amides is 1. The molecule has 27 heavy (non-hydrogen) atoms. The number of hydrogen-bond donors (Lipinski definition) is 2.